The lowest BCUT2D eigenvalue weighted by Crippen LogP contribution is -2.17. The largest absolute Gasteiger partial charge is 0.486 e. The molecule has 1 aliphatic rings. The molecule has 0 aliphatic carbocycles. The minimum Gasteiger partial charge on any atom is -0.486 e. The number of ether oxygens (including phenoxy) is 3. The van der Waals surface area contributed by atoms with E-state index in [4.69, 9.17) is 19.9 Å². The first kappa shape index (κ1) is 10.6. The van der Waals surface area contributed by atoms with Crippen LogP contribution in [-0.4, -0.2) is 25.8 Å². The van der Waals surface area contributed by atoms with Crippen molar-refractivity contribution < 1.29 is 19.0 Å². The summed E-state index contributed by atoms with van der Waals surface area (Å²) in [5.74, 6) is 0.650. The third kappa shape index (κ3) is 1.88. The number of benzene rings is 1. The molecule has 0 aromatic heterocycles. The Bertz CT molecular complexity index is 417. The van der Waals surface area contributed by atoms with Crippen molar-refractivity contribution in [2.45, 2.75) is 6.92 Å². The average Bonchev–Trinajstić information content (AvgIpc) is 2.28. The number of fused-ring (bicyclic) bond motifs is 1. The third-order valence-corrected chi connectivity index (χ3v) is 2.21. The Morgan fingerprint density at radius 3 is 2.62 bits per heavy atom. The second-order valence-electron chi connectivity index (χ2n) is 3.30. The van der Waals surface area contributed by atoms with Crippen molar-refractivity contribution in [1.82, 2.24) is 0 Å². The normalized spacial score (nSPS) is 13.3. The van der Waals surface area contributed by atoms with Crippen molar-refractivity contribution in [3.05, 3.63) is 17.7 Å². The highest BCUT2D eigenvalue weighted by Gasteiger charge is 2.18. The lowest BCUT2D eigenvalue weighted by molar-refractivity contribution is 0.0526. The van der Waals surface area contributed by atoms with E-state index in [2.05, 4.69) is 0 Å². The molecule has 0 radical (unpaired) electrons. The van der Waals surface area contributed by atoms with Gasteiger partial charge in [-0.25, -0.2) is 4.79 Å². The molecule has 0 saturated heterocycles. The second-order valence-corrected chi connectivity index (χ2v) is 3.30. The number of hydrogen-bond acceptors (Lipinski definition) is 5. The van der Waals surface area contributed by atoms with Crippen LogP contribution in [0, 0.1) is 0 Å². The Kier molecular flexibility index (Phi) is 2.85. The SMILES string of the molecule is CCOC(=O)c1cc2c(cc1N)OCCO2. The van der Waals surface area contributed by atoms with Crippen molar-refractivity contribution in [3.63, 3.8) is 0 Å². The fourth-order valence-electron chi connectivity index (χ4n) is 1.49. The molecule has 0 atom stereocenters. The molecule has 16 heavy (non-hydrogen) atoms. The molecule has 2 rings (SSSR count). The van der Waals surface area contributed by atoms with Crippen LogP contribution >= 0.6 is 0 Å². The monoisotopic (exact) mass is 223 g/mol. The van der Waals surface area contributed by atoms with Gasteiger partial charge in [-0.15, -0.1) is 0 Å². The van der Waals surface area contributed by atoms with Crippen LogP contribution in [0.1, 0.15) is 17.3 Å². The Morgan fingerprint density at radius 2 is 2.00 bits per heavy atom. The van der Waals surface area contributed by atoms with Gasteiger partial charge in [-0.3, -0.25) is 0 Å². The van der Waals surface area contributed by atoms with Crippen molar-refractivity contribution in [3.8, 4) is 11.5 Å². The van der Waals surface area contributed by atoms with Gasteiger partial charge in [0.2, 0.25) is 0 Å². The molecule has 1 heterocycles. The molecule has 5 nitrogen and oxygen atoms in total. The predicted molar refractivity (Wildman–Crippen MR) is 57.8 cm³/mol. The van der Waals surface area contributed by atoms with E-state index >= 15 is 0 Å². The quantitative estimate of drug-likeness (QED) is 0.603. The molecule has 0 fully saturated rings. The summed E-state index contributed by atoms with van der Waals surface area (Å²) >= 11 is 0. The second kappa shape index (κ2) is 4.30. The van der Waals surface area contributed by atoms with E-state index in [-0.39, 0.29) is 0 Å². The van der Waals surface area contributed by atoms with Gasteiger partial charge in [-0.2, -0.15) is 0 Å². The Hall–Kier alpha value is -1.91. The van der Waals surface area contributed by atoms with Crippen molar-refractivity contribution in [2.75, 3.05) is 25.6 Å². The summed E-state index contributed by atoms with van der Waals surface area (Å²) < 4.78 is 15.6. The summed E-state index contributed by atoms with van der Waals surface area (Å²) in [6.45, 7) is 3.02. The zero-order valence-corrected chi connectivity index (χ0v) is 8.99. The lowest BCUT2D eigenvalue weighted by Gasteiger charge is -2.19. The van der Waals surface area contributed by atoms with E-state index in [1.165, 1.54) is 0 Å². The Balaban J connectivity index is 2.35. The predicted octanol–water partition coefficient (Wildman–Crippen LogP) is 1.22. The summed E-state index contributed by atoms with van der Waals surface area (Å²) in [5.41, 5.74) is 6.39. The molecule has 0 spiro atoms. The van der Waals surface area contributed by atoms with Gasteiger partial charge >= 0.3 is 5.97 Å². The summed E-state index contributed by atoms with van der Waals surface area (Å²) in [6, 6.07) is 3.14. The van der Waals surface area contributed by atoms with Gasteiger partial charge in [0, 0.05) is 12.1 Å². The molecule has 1 aliphatic heterocycles. The van der Waals surface area contributed by atoms with E-state index in [0.29, 0.717) is 42.6 Å². The van der Waals surface area contributed by atoms with Crippen LogP contribution in [0.3, 0.4) is 0 Å². The van der Waals surface area contributed by atoms with Crippen LogP contribution in [-0.2, 0) is 4.74 Å². The Labute approximate surface area is 93.1 Å². The number of hydrogen-bond donors (Lipinski definition) is 1. The number of carbonyl (C=O) groups is 1. The molecule has 0 amide bonds. The number of nitrogen functional groups attached to an aromatic ring is 1. The average molecular weight is 223 g/mol. The van der Waals surface area contributed by atoms with E-state index in [1.54, 1.807) is 19.1 Å². The highest BCUT2D eigenvalue weighted by Crippen LogP contribution is 2.34. The summed E-state index contributed by atoms with van der Waals surface area (Å²) in [4.78, 5) is 11.6. The maximum Gasteiger partial charge on any atom is 0.340 e. The van der Waals surface area contributed by atoms with Crippen molar-refractivity contribution >= 4 is 11.7 Å². The van der Waals surface area contributed by atoms with Gasteiger partial charge < -0.3 is 19.9 Å². The lowest BCUT2D eigenvalue weighted by atomic mass is 10.1. The maximum absolute atomic E-state index is 11.6. The van der Waals surface area contributed by atoms with Crippen LogP contribution in [0.4, 0.5) is 5.69 Å². The summed E-state index contributed by atoms with van der Waals surface area (Å²) in [7, 11) is 0. The topological polar surface area (TPSA) is 70.8 Å². The third-order valence-electron chi connectivity index (χ3n) is 2.21. The molecular formula is C11H13NO4. The van der Waals surface area contributed by atoms with E-state index in [1.807, 2.05) is 0 Å². The van der Waals surface area contributed by atoms with Crippen LogP contribution in [0.15, 0.2) is 12.1 Å². The number of rotatable bonds is 2. The minimum atomic E-state index is -0.447. The number of anilines is 1. The van der Waals surface area contributed by atoms with Crippen LogP contribution in [0.5, 0.6) is 11.5 Å². The van der Waals surface area contributed by atoms with Crippen LogP contribution in [0.2, 0.25) is 0 Å². The highest BCUT2D eigenvalue weighted by molar-refractivity contribution is 5.96. The molecule has 5 heteroatoms. The standard InChI is InChI=1S/C11H13NO4/c1-2-14-11(13)7-5-9-10(6-8(7)12)16-4-3-15-9/h5-6H,2-4,12H2,1H3. The zero-order valence-electron chi connectivity index (χ0n) is 8.99. The fraction of sp³-hybridized carbons (Fsp3) is 0.364. The van der Waals surface area contributed by atoms with Crippen molar-refractivity contribution in [2.24, 2.45) is 0 Å². The molecule has 86 valence electrons. The molecule has 1 aromatic carbocycles. The van der Waals surface area contributed by atoms with E-state index < -0.39 is 5.97 Å². The number of esters is 1. The zero-order chi connectivity index (χ0) is 11.5. The van der Waals surface area contributed by atoms with Crippen LogP contribution in [0.25, 0.3) is 0 Å². The van der Waals surface area contributed by atoms with Gasteiger partial charge in [0.05, 0.1) is 17.9 Å². The number of nitrogens with two attached hydrogens (primary N) is 1. The molecule has 0 saturated carbocycles. The molecule has 2 N–H and O–H groups in total. The molecule has 0 unspecified atom stereocenters. The van der Waals surface area contributed by atoms with Gasteiger partial charge in [0.15, 0.2) is 11.5 Å². The Morgan fingerprint density at radius 1 is 1.38 bits per heavy atom. The fourth-order valence-corrected chi connectivity index (χ4v) is 1.49. The summed E-state index contributed by atoms with van der Waals surface area (Å²) in [6.07, 6.45) is 0. The van der Waals surface area contributed by atoms with E-state index in [9.17, 15) is 4.79 Å². The molecular weight excluding hydrogens is 210 g/mol. The number of carbonyl (C=O) groups excluding carboxylic acids is 1. The highest BCUT2D eigenvalue weighted by atomic mass is 16.6. The van der Waals surface area contributed by atoms with E-state index in [0.717, 1.165) is 0 Å². The first-order chi connectivity index (χ1) is 7.72. The maximum atomic E-state index is 11.6. The van der Waals surface area contributed by atoms with Gasteiger partial charge in [-0.1, -0.05) is 0 Å². The first-order valence-corrected chi connectivity index (χ1v) is 5.08. The first-order valence-electron chi connectivity index (χ1n) is 5.08. The van der Waals surface area contributed by atoms with Gasteiger partial charge in [0.25, 0.3) is 0 Å². The minimum absolute atomic E-state index is 0.311. The van der Waals surface area contributed by atoms with Crippen molar-refractivity contribution in [1.29, 1.82) is 0 Å². The van der Waals surface area contributed by atoms with Crippen LogP contribution < -0.4 is 15.2 Å². The smallest absolute Gasteiger partial charge is 0.340 e. The van der Waals surface area contributed by atoms with Gasteiger partial charge in [0.1, 0.15) is 13.2 Å². The summed E-state index contributed by atoms with van der Waals surface area (Å²) in [5, 5.41) is 0. The molecule has 0 bridgehead atoms. The van der Waals surface area contributed by atoms with Gasteiger partial charge in [-0.05, 0) is 6.92 Å². The molecule has 1 aromatic rings.